The summed E-state index contributed by atoms with van der Waals surface area (Å²) >= 11 is 0. The number of allylic oxidation sites excluding steroid dienone is 1. The molecule has 0 aliphatic carbocycles. The lowest BCUT2D eigenvalue weighted by Gasteiger charge is -2.29. The van der Waals surface area contributed by atoms with Crippen LogP contribution in [0, 0.1) is 0 Å². The number of pyridine rings is 1. The summed E-state index contributed by atoms with van der Waals surface area (Å²) in [6, 6.07) is 14.7. The summed E-state index contributed by atoms with van der Waals surface area (Å²) in [5.41, 5.74) is 3.83. The Labute approximate surface area is 183 Å². The molecule has 0 fully saturated rings. The topological polar surface area (TPSA) is 74.7 Å². The lowest BCUT2D eigenvalue weighted by molar-refractivity contribution is -0.135. The van der Waals surface area contributed by atoms with Crippen LogP contribution < -0.4 is 14.2 Å². The van der Waals surface area contributed by atoms with Crippen molar-refractivity contribution in [2.45, 2.75) is 12.3 Å². The van der Waals surface area contributed by atoms with Crippen LogP contribution >= 0.6 is 0 Å². The maximum absolute atomic E-state index is 13.0. The Kier molecular flexibility index (Phi) is 4.18. The summed E-state index contributed by atoms with van der Waals surface area (Å²) in [5.74, 6) is 1.05. The zero-order chi connectivity index (χ0) is 21.7. The fourth-order valence-electron chi connectivity index (χ4n) is 4.37. The fraction of sp³-hybridized carbons (Fsp3) is 0.115. The molecular formula is C26H17NO5. The summed E-state index contributed by atoms with van der Waals surface area (Å²) < 4.78 is 17.5. The van der Waals surface area contributed by atoms with E-state index in [1.54, 1.807) is 36.7 Å². The molecule has 1 aromatic heterocycles. The van der Waals surface area contributed by atoms with Crippen LogP contribution in [0.15, 0.2) is 72.3 Å². The predicted molar refractivity (Wildman–Crippen MR) is 117 cm³/mol. The van der Waals surface area contributed by atoms with E-state index < -0.39 is 0 Å². The Balaban J connectivity index is 1.45. The SMILES string of the molecule is O=C1CC(C2=Cc3ccccc3OC2)c2c(ccc3c2O/C(=C\c2cccnc2)C3=O)O1. The van der Waals surface area contributed by atoms with E-state index in [0.29, 0.717) is 29.2 Å². The van der Waals surface area contributed by atoms with E-state index in [4.69, 9.17) is 14.2 Å². The molecular weight excluding hydrogens is 406 g/mol. The van der Waals surface area contributed by atoms with Gasteiger partial charge in [-0.05, 0) is 47.6 Å². The Morgan fingerprint density at radius 3 is 2.75 bits per heavy atom. The molecule has 0 saturated carbocycles. The first-order chi connectivity index (χ1) is 15.7. The van der Waals surface area contributed by atoms with Crippen LogP contribution in [0.1, 0.15) is 39.4 Å². The van der Waals surface area contributed by atoms with Crippen LogP contribution in [0.5, 0.6) is 17.2 Å². The second-order valence-electron chi connectivity index (χ2n) is 7.86. The van der Waals surface area contributed by atoms with Crippen LogP contribution in [0.3, 0.4) is 0 Å². The molecule has 2 aromatic carbocycles. The fourth-order valence-corrected chi connectivity index (χ4v) is 4.37. The highest BCUT2D eigenvalue weighted by Gasteiger charge is 2.39. The van der Waals surface area contributed by atoms with Gasteiger partial charge in [0.1, 0.15) is 23.9 Å². The van der Waals surface area contributed by atoms with Crippen molar-refractivity contribution in [3.05, 3.63) is 94.5 Å². The van der Waals surface area contributed by atoms with Gasteiger partial charge in [0.15, 0.2) is 5.76 Å². The van der Waals surface area contributed by atoms with Crippen LogP contribution in [-0.2, 0) is 4.79 Å². The van der Waals surface area contributed by atoms with Crippen molar-refractivity contribution in [3.63, 3.8) is 0 Å². The van der Waals surface area contributed by atoms with Gasteiger partial charge < -0.3 is 14.2 Å². The minimum Gasteiger partial charge on any atom is -0.489 e. The number of ketones is 1. The molecule has 1 atom stereocenters. The molecule has 6 rings (SSSR count). The van der Waals surface area contributed by atoms with Crippen LogP contribution in [-0.4, -0.2) is 23.3 Å². The van der Waals surface area contributed by atoms with Crippen molar-refractivity contribution >= 4 is 23.9 Å². The van der Waals surface area contributed by atoms with Crippen molar-refractivity contribution in [1.82, 2.24) is 4.98 Å². The van der Waals surface area contributed by atoms with E-state index in [-0.39, 0.29) is 29.9 Å². The summed E-state index contributed by atoms with van der Waals surface area (Å²) in [6.07, 6.45) is 7.20. The zero-order valence-corrected chi connectivity index (χ0v) is 16.9. The van der Waals surface area contributed by atoms with Crippen molar-refractivity contribution in [2.75, 3.05) is 6.61 Å². The van der Waals surface area contributed by atoms with E-state index >= 15 is 0 Å². The van der Waals surface area contributed by atoms with Gasteiger partial charge in [-0.1, -0.05) is 24.3 Å². The van der Waals surface area contributed by atoms with Gasteiger partial charge in [0.2, 0.25) is 5.78 Å². The van der Waals surface area contributed by atoms with Crippen LogP contribution in [0.2, 0.25) is 0 Å². The Morgan fingerprint density at radius 2 is 1.88 bits per heavy atom. The Bertz CT molecular complexity index is 1340. The third kappa shape index (κ3) is 3.00. The standard InChI is InChI=1S/C26H17NO5/c28-23-12-19(17-11-16-5-1-2-6-20(16)30-14-17)24-21(31-23)8-7-18-25(29)22(32-26(18)24)10-15-4-3-9-27-13-15/h1-11,13,19H,12,14H2/b22-10-. The van der Waals surface area contributed by atoms with E-state index in [9.17, 15) is 9.59 Å². The van der Waals surface area contributed by atoms with Crippen LogP contribution in [0.25, 0.3) is 12.2 Å². The molecule has 32 heavy (non-hydrogen) atoms. The van der Waals surface area contributed by atoms with Crippen molar-refractivity contribution < 1.29 is 23.8 Å². The minimum atomic E-state index is -0.322. The molecule has 0 amide bonds. The van der Waals surface area contributed by atoms with Crippen molar-refractivity contribution in [3.8, 4) is 17.2 Å². The van der Waals surface area contributed by atoms with Gasteiger partial charge in [-0.25, -0.2) is 0 Å². The van der Waals surface area contributed by atoms with Gasteiger partial charge in [-0.15, -0.1) is 0 Å². The van der Waals surface area contributed by atoms with Crippen LogP contribution in [0.4, 0.5) is 0 Å². The zero-order valence-electron chi connectivity index (χ0n) is 16.9. The molecule has 0 spiro atoms. The third-order valence-electron chi connectivity index (χ3n) is 5.86. The molecule has 1 unspecified atom stereocenters. The van der Waals surface area contributed by atoms with Gasteiger partial charge in [0.05, 0.1) is 12.0 Å². The van der Waals surface area contributed by atoms with Gasteiger partial charge in [0.25, 0.3) is 0 Å². The average Bonchev–Trinajstić information content (AvgIpc) is 3.14. The molecule has 156 valence electrons. The maximum Gasteiger partial charge on any atom is 0.312 e. The number of hydrogen-bond donors (Lipinski definition) is 0. The molecule has 0 saturated heterocycles. The average molecular weight is 423 g/mol. The largest absolute Gasteiger partial charge is 0.489 e. The third-order valence-corrected chi connectivity index (χ3v) is 5.86. The highest BCUT2D eigenvalue weighted by Crippen LogP contribution is 2.50. The molecule has 0 radical (unpaired) electrons. The number of esters is 1. The van der Waals surface area contributed by atoms with Crippen molar-refractivity contribution in [1.29, 1.82) is 0 Å². The summed E-state index contributed by atoms with van der Waals surface area (Å²) in [4.78, 5) is 29.5. The predicted octanol–water partition coefficient (Wildman–Crippen LogP) is 4.57. The Hall–Kier alpha value is -4.19. The quantitative estimate of drug-likeness (QED) is 0.342. The second-order valence-corrected chi connectivity index (χ2v) is 7.86. The number of aromatic nitrogens is 1. The smallest absolute Gasteiger partial charge is 0.312 e. The molecule has 3 aliphatic heterocycles. The van der Waals surface area contributed by atoms with Gasteiger partial charge in [-0.3, -0.25) is 14.6 Å². The first-order valence-electron chi connectivity index (χ1n) is 10.3. The summed E-state index contributed by atoms with van der Waals surface area (Å²) in [5, 5.41) is 0. The normalized spacial score (nSPS) is 19.8. The highest BCUT2D eigenvalue weighted by atomic mass is 16.5. The lowest BCUT2D eigenvalue weighted by atomic mass is 9.83. The lowest BCUT2D eigenvalue weighted by Crippen LogP contribution is -2.24. The number of fused-ring (bicyclic) bond motifs is 4. The first-order valence-corrected chi connectivity index (χ1v) is 10.3. The number of hydrogen-bond acceptors (Lipinski definition) is 6. The monoisotopic (exact) mass is 423 g/mol. The molecule has 4 heterocycles. The number of carbonyl (C=O) groups excluding carboxylic acids is 2. The number of benzene rings is 2. The Morgan fingerprint density at radius 1 is 0.969 bits per heavy atom. The van der Waals surface area contributed by atoms with Gasteiger partial charge in [0, 0.05) is 29.4 Å². The van der Waals surface area contributed by atoms with E-state index in [2.05, 4.69) is 11.1 Å². The van der Waals surface area contributed by atoms with Crippen molar-refractivity contribution in [2.24, 2.45) is 0 Å². The number of carbonyl (C=O) groups is 2. The second kappa shape index (κ2) is 7.20. The summed E-state index contributed by atoms with van der Waals surface area (Å²) in [7, 11) is 0. The molecule has 6 nitrogen and oxygen atoms in total. The highest BCUT2D eigenvalue weighted by molar-refractivity contribution is 6.15. The number of ether oxygens (including phenoxy) is 3. The van der Waals surface area contributed by atoms with Gasteiger partial charge >= 0.3 is 5.97 Å². The summed E-state index contributed by atoms with van der Waals surface area (Å²) in [6.45, 7) is 0.352. The minimum absolute atomic E-state index is 0.153. The maximum atomic E-state index is 13.0. The molecule has 3 aliphatic rings. The number of nitrogens with zero attached hydrogens (tertiary/aromatic N) is 1. The number of Topliss-reactive ketones (excluding diaryl/α,β-unsaturated/α-hetero) is 1. The number of para-hydroxylation sites is 1. The van der Waals surface area contributed by atoms with E-state index in [0.717, 1.165) is 22.4 Å². The molecule has 3 aromatic rings. The number of rotatable bonds is 2. The molecule has 0 bridgehead atoms. The first kappa shape index (κ1) is 18.6. The van der Waals surface area contributed by atoms with Gasteiger partial charge in [-0.2, -0.15) is 0 Å². The molecule has 6 heteroatoms. The van der Waals surface area contributed by atoms with E-state index in [1.165, 1.54) is 0 Å². The molecule has 0 N–H and O–H groups in total. The van der Waals surface area contributed by atoms with E-state index in [1.807, 2.05) is 30.3 Å².